The van der Waals surface area contributed by atoms with Crippen LogP contribution < -0.4 is 0 Å². The summed E-state index contributed by atoms with van der Waals surface area (Å²) in [5.41, 5.74) is 2.38. The Bertz CT molecular complexity index is 423. The summed E-state index contributed by atoms with van der Waals surface area (Å²) in [4.78, 5) is 4.00. The second kappa shape index (κ2) is 7.57. The zero-order valence-corrected chi connectivity index (χ0v) is 12.6. The van der Waals surface area contributed by atoms with E-state index in [0.717, 1.165) is 17.5 Å². The van der Waals surface area contributed by atoms with Crippen LogP contribution in [-0.4, -0.2) is 5.16 Å². The topological polar surface area (TPSA) is 12.4 Å². The predicted molar refractivity (Wildman–Crippen MR) is 85.4 cm³/mol. The summed E-state index contributed by atoms with van der Waals surface area (Å²) in [6.07, 6.45) is 9.69. The quantitative estimate of drug-likeness (QED) is 0.481. The van der Waals surface area contributed by atoms with E-state index in [1.165, 1.54) is 50.5 Å². The fourth-order valence-electron chi connectivity index (χ4n) is 3.15. The maximum atomic E-state index is 4.62. The molecule has 0 N–H and O–H groups in total. The van der Waals surface area contributed by atoms with Crippen LogP contribution in [0.2, 0.25) is 0 Å². The molecule has 0 saturated heterocycles. The number of hydrogen-bond acceptors (Lipinski definition) is 2. The number of thiocarbonyl (C=S) groups is 1. The zero-order chi connectivity index (χ0) is 13.5. The van der Waals surface area contributed by atoms with E-state index in [1.54, 1.807) is 0 Å². The minimum Gasteiger partial charge on any atom is -0.195 e. The van der Waals surface area contributed by atoms with E-state index in [1.807, 2.05) is 0 Å². The fraction of sp³-hybridized carbons (Fsp3) is 0.588. The number of unbranched alkanes of at least 4 members (excludes halogenated alkanes) is 1. The van der Waals surface area contributed by atoms with E-state index in [4.69, 9.17) is 0 Å². The molecule has 19 heavy (non-hydrogen) atoms. The van der Waals surface area contributed by atoms with Crippen molar-refractivity contribution < 1.29 is 0 Å². The second-order valence-corrected chi connectivity index (χ2v) is 5.84. The van der Waals surface area contributed by atoms with Crippen LogP contribution in [0, 0.1) is 5.92 Å². The Kier molecular flexibility index (Phi) is 5.75. The van der Waals surface area contributed by atoms with Gasteiger partial charge in [0, 0.05) is 0 Å². The highest BCUT2D eigenvalue weighted by molar-refractivity contribution is 7.78. The lowest BCUT2D eigenvalue weighted by molar-refractivity contribution is 0.304. The third-order valence-corrected chi connectivity index (χ3v) is 4.44. The number of hydrogen-bond donors (Lipinski definition) is 0. The van der Waals surface area contributed by atoms with E-state index < -0.39 is 0 Å². The molecule has 0 amide bonds. The van der Waals surface area contributed by atoms with Crippen LogP contribution in [0.15, 0.2) is 29.3 Å². The van der Waals surface area contributed by atoms with Crippen LogP contribution in [0.25, 0.3) is 0 Å². The van der Waals surface area contributed by atoms with Gasteiger partial charge in [-0.05, 0) is 67.4 Å². The van der Waals surface area contributed by atoms with E-state index in [2.05, 4.69) is 53.6 Å². The highest BCUT2D eigenvalue weighted by atomic mass is 32.1. The molecule has 102 valence electrons. The predicted octanol–water partition coefficient (Wildman–Crippen LogP) is 5.88. The molecule has 1 aliphatic rings. The van der Waals surface area contributed by atoms with Gasteiger partial charge in [0.1, 0.15) is 0 Å². The number of benzene rings is 1. The van der Waals surface area contributed by atoms with Gasteiger partial charge < -0.3 is 0 Å². The largest absolute Gasteiger partial charge is 0.195 e. The molecule has 0 unspecified atom stereocenters. The Morgan fingerprint density at radius 1 is 1.16 bits per heavy atom. The van der Waals surface area contributed by atoms with E-state index in [-0.39, 0.29) is 0 Å². The molecule has 0 radical (unpaired) electrons. The molecule has 1 nitrogen and oxygen atoms in total. The van der Waals surface area contributed by atoms with Crippen molar-refractivity contribution in [3.05, 3.63) is 29.8 Å². The van der Waals surface area contributed by atoms with Crippen molar-refractivity contribution in [2.75, 3.05) is 0 Å². The van der Waals surface area contributed by atoms with Gasteiger partial charge in [0.15, 0.2) is 0 Å². The molecule has 0 bridgehead atoms. The molecular weight excluding hydrogens is 250 g/mol. The number of aliphatic imine (C=N–C) groups is 1. The number of nitrogens with zero attached hydrogens (tertiary/aromatic N) is 1. The van der Waals surface area contributed by atoms with Crippen LogP contribution in [0.3, 0.4) is 0 Å². The summed E-state index contributed by atoms with van der Waals surface area (Å²) in [7, 11) is 0. The summed E-state index contributed by atoms with van der Waals surface area (Å²) in [5.74, 6) is 1.73. The fourth-order valence-corrected chi connectivity index (χ4v) is 3.26. The van der Waals surface area contributed by atoms with Crippen molar-refractivity contribution in [1.82, 2.24) is 0 Å². The Hall–Kier alpha value is -0.980. The first-order valence-electron chi connectivity index (χ1n) is 7.51. The first kappa shape index (κ1) is 14.4. The molecule has 1 aromatic carbocycles. The SMILES string of the molecule is CCCCC1CCC(c2ccc(N=C=S)cc2)CC1. The Balaban J connectivity index is 1.88. The van der Waals surface area contributed by atoms with E-state index >= 15 is 0 Å². The van der Waals surface area contributed by atoms with Crippen LogP contribution in [-0.2, 0) is 0 Å². The highest BCUT2D eigenvalue weighted by Crippen LogP contribution is 2.37. The summed E-state index contributed by atoms with van der Waals surface area (Å²) >= 11 is 4.62. The van der Waals surface area contributed by atoms with Gasteiger partial charge in [-0.25, -0.2) is 0 Å². The minimum atomic E-state index is 0.753. The molecule has 2 rings (SSSR count). The van der Waals surface area contributed by atoms with Crippen molar-refractivity contribution in [3.63, 3.8) is 0 Å². The van der Waals surface area contributed by atoms with Gasteiger partial charge in [0.25, 0.3) is 0 Å². The standard InChI is InChI=1S/C17H23NS/c1-2-3-4-14-5-7-15(8-6-14)16-9-11-17(12-10-16)18-13-19/h9-12,14-15H,2-8H2,1H3. The second-order valence-electron chi connectivity index (χ2n) is 5.65. The van der Waals surface area contributed by atoms with E-state index in [9.17, 15) is 0 Å². The lowest BCUT2D eigenvalue weighted by Crippen LogP contribution is -2.13. The van der Waals surface area contributed by atoms with Crippen molar-refractivity contribution >= 4 is 23.1 Å². The molecule has 0 aliphatic heterocycles. The van der Waals surface area contributed by atoms with Gasteiger partial charge in [0.2, 0.25) is 0 Å². The van der Waals surface area contributed by atoms with E-state index in [0.29, 0.717) is 0 Å². The van der Waals surface area contributed by atoms with Gasteiger partial charge in [0.05, 0.1) is 10.8 Å². The third-order valence-electron chi connectivity index (χ3n) is 4.35. The normalized spacial score (nSPS) is 22.8. The van der Waals surface area contributed by atoms with Crippen molar-refractivity contribution in [3.8, 4) is 0 Å². The highest BCUT2D eigenvalue weighted by Gasteiger charge is 2.21. The molecule has 0 heterocycles. The lowest BCUT2D eigenvalue weighted by Gasteiger charge is -2.28. The molecule has 1 fully saturated rings. The molecule has 1 aromatic rings. The number of isothiocyanates is 1. The molecule has 0 atom stereocenters. The van der Waals surface area contributed by atoms with Crippen LogP contribution in [0.1, 0.15) is 63.4 Å². The maximum absolute atomic E-state index is 4.62. The molecular formula is C17H23NS. The monoisotopic (exact) mass is 273 g/mol. The molecule has 0 aromatic heterocycles. The van der Waals surface area contributed by atoms with Gasteiger partial charge in [-0.15, -0.1) is 0 Å². The van der Waals surface area contributed by atoms with Gasteiger partial charge in [-0.3, -0.25) is 0 Å². The third kappa shape index (κ3) is 4.26. The first-order valence-corrected chi connectivity index (χ1v) is 7.92. The maximum Gasteiger partial charge on any atom is 0.0739 e. The summed E-state index contributed by atoms with van der Waals surface area (Å²) in [6, 6.07) is 8.53. The van der Waals surface area contributed by atoms with Crippen LogP contribution >= 0.6 is 12.2 Å². The Morgan fingerprint density at radius 3 is 2.42 bits per heavy atom. The summed E-state index contributed by atoms with van der Waals surface area (Å²) < 4.78 is 0. The van der Waals surface area contributed by atoms with Gasteiger partial charge >= 0.3 is 0 Å². The Morgan fingerprint density at radius 2 is 1.84 bits per heavy atom. The zero-order valence-electron chi connectivity index (χ0n) is 11.8. The lowest BCUT2D eigenvalue weighted by atomic mass is 9.77. The smallest absolute Gasteiger partial charge is 0.0739 e. The molecule has 1 aliphatic carbocycles. The molecule has 0 spiro atoms. The van der Waals surface area contributed by atoms with Crippen molar-refractivity contribution in [1.29, 1.82) is 0 Å². The molecule has 1 saturated carbocycles. The average molecular weight is 273 g/mol. The average Bonchev–Trinajstić information content (AvgIpc) is 2.47. The summed E-state index contributed by atoms with van der Waals surface area (Å²) in [6.45, 7) is 2.29. The molecule has 2 heteroatoms. The number of rotatable bonds is 5. The van der Waals surface area contributed by atoms with Crippen molar-refractivity contribution in [2.24, 2.45) is 10.9 Å². The van der Waals surface area contributed by atoms with Gasteiger partial charge in [-0.2, -0.15) is 4.99 Å². The summed E-state index contributed by atoms with van der Waals surface area (Å²) in [5, 5.41) is 2.42. The van der Waals surface area contributed by atoms with Crippen LogP contribution in [0.5, 0.6) is 0 Å². The van der Waals surface area contributed by atoms with Gasteiger partial charge in [-0.1, -0.05) is 38.3 Å². The minimum absolute atomic E-state index is 0.753. The Labute approximate surface area is 122 Å². The van der Waals surface area contributed by atoms with Crippen molar-refractivity contribution in [2.45, 2.75) is 57.8 Å². The van der Waals surface area contributed by atoms with Crippen LogP contribution in [0.4, 0.5) is 5.69 Å². The first-order chi connectivity index (χ1) is 9.33.